The molecule has 1 aromatic rings. The second kappa shape index (κ2) is 3.95. The molecule has 1 saturated heterocycles. The lowest BCUT2D eigenvalue weighted by Crippen LogP contribution is -2.35. The number of carbonyl (C=O) groups is 1. The number of carbonyl (C=O) groups excluding carboxylic acids is 1. The van der Waals surface area contributed by atoms with E-state index in [-0.39, 0.29) is 11.8 Å². The van der Waals surface area contributed by atoms with Crippen LogP contribution < -0.4 is 10.6 Å². The van der Waals surface area contributed by atoms with Crippen molar-refractivity contribution in [2.45, 2.75) is 26.2 Å². The summed E-state index contributed by atoms with van der Waals surface area (Å²) in [6, 6.07) is 4.00. The van der Waals surface area contributed by atoms with Crippen molar-refractivity contribution in [1.82, 2.24) is 4.98 Å². The highest BCUT2D eigenvalue weighted by atomic mass is 16.2. The van der Waals surface area contributed by atoms with Crippen molar-refractivity contribution in [3.05, 3.63) is 17.8 Å². The first-order valence-corrected chi connectivity index (χ1v) is 6.54. The van der Waals surface area contributed by atoms with Gasteiger partial charge >= 0.3 is 0 Å². The summed E-state index contributed by atoms with van der Waals surface area (Å²) in [5, 5.41) is 9.45. The van der Waals surface area contributed by atoms with Crippen LogP contribution in [0.25, 0.3) is 0 Å². The first kappa shape index (κ1) is 12.0. The Morgan fingerprint density at radius 1 is 1.58 bits per heavy atom. The molecule has 5 nitrogen and oxygen atoms in total. The molecule has 1 atom stereocenters. The first-order valence-electron chi connectivity index (χ1n) is 6.54. The normalized spacial score (nSPS) is 26.5. The van der Waals surface area contributed by atoms with E-state index in [0.717, 1.165) is 24.1 Å². The molecule has 0 spiro atoms. The van der Waals surface area contributed by atoms with Gasteiger partial charge in [0.2, 0.25) is 5.91 Å². The molecule has 2 aliphatic rings. The molecular formula is C14H16N4O. The lowest BCUT2D eigenvalue weighted by Gasteiger charge is -2.22. The Bertz CT molecular complexity index is 588. The first-order chi connectivity index (χ1) is 9.08. The summed E-state index contributed by atoms with van der Waals surface area (Å²) in [5.41, 5.74) is 6.59. The molecule has 1 aliphatic heterocycles. The van der Waals surface area contributed by atoms with Gasteiger partial charge in [-0.15, -0.1) is 0 Å². The summed E-state index contributed by atoms with van der Waals surface area (Å²) < 4.78 is 0. The summed E-state index contributed by atoms with van der Waals surface area (Å²) in [5.74, 6) is 0.579. The number of nitriles is 1. The van der Waals surface area contributed by atoms with Gasteiger partial charge < -0.3 is 10.6 Å². The zero-order valence-electron chi connectivity index (χ0n) is 10.9. The molecule has 0 radical (unpaired) electrons. The quantitative estimate of drug-likeness (QED) is 0.871. The number of aromatic nitrogens is 1. The smallest absolute Gasteiger partial charge is 0.247 e. The largest absolute Gasteiger partial charge is 0.384 e. The van der Waals surface area contributed by atoms with Gasteiger partial charge in [0.1, 0.15) is 11.2 Å². The van der Waals surface area contributed by atoms with Gasteiger partial charge in [-0.1, -0.05) is 0 Å². The number of hydrogen-bond donors (Lipinski definition) is 1. The van der Waals surface area contributed by atoms with Crippen LogP contribution in [0.5, 0.6) is 0 Å². The Balaban J connectivity index is 1.98. The fourth-order valence-electron chi connectivity index (χ4n) is 2.94. The maximum Gasteiger partial charge on any atom is 0.247 e. The second-order valence-corrected chi connectivity index (χ2v) is 5.46. The lowest BCUT2D eigenvalue weighted by atomic mass is 9.83. The van der Waals surface area contributed by atoms with Crippen LogP contribution in [0.2, 0.25) is 0 Å². The number of pyridine rings is 1. The highest BCUT2D eigenvalue weighted by Crippen LogP contribution is 2.52. The van der Waals surface area contributed by atoms with E-state index in [4.69, 9.17) is 5.73 Å². The molecule has 3 rings (SSSR count). The third-order valence-electron chi connectivity index (χ3n) is 4.22. The third kappa shape index (κ3) is 1.67. The highest BCUT2D eigenvalue weighted by Gasteiger charge is 2.56. The van der Waals surface area contributed by atoms with Gasteiger partial charge in [-0.3, -0.25) is 4.79 Å². The average molecular weight is 256 g/mol. The Morgan fingerprint density at radius 3 is 2.95 bits per heavy atom. The van der Waals surface area contributed by atoms with Crippen molar-refractivity contribution < 1.29 is 4.79 Å². The van der Waals surface area contributed by atoms with Gasteiger partial charge in [0, 0.05) is 18.8 Å². The van der Waals surface area contributed by atoms with E-state index in [1.165, 1.54) is 0 Å². The van der Waals surface area contributed by atoms with Crippen LogP contribution in [0.4, 0.5) is 11.5 Å². The average Bonchev–Trinajstić information content (AvgIpc) is 3.19. The number of nitrogens with zero attached hydrogens (tertiary/aromatic N) is 3. The summed E-state index contributed by atoms with van der Waals surface area (Å²) >= 11 is 0. The molecule has 1 aliphatic carbocycles. The fraction of sp³-hybridized carbons (Fsp3) is 0.500. The number of nitrogens with two attached hydrogens (primary N) is 1. The van der Waals surface area contributed by atoms with E-state index >= 15 is 0 Å². The van der Waals surface area contributed by atoms with Crippen molar-refractivity contribution in [2.24, 2.45) is 11.3 Å². The molecule has 19 heavy (non-hydrogen) atoms. The SMILES string of the molecule is Cc1cnc(N)cc1N1CC[C@@](C#N)(C2CC2)C1=O. The van der Waals surface area contributed by atoms with E-state index in [2.05, 4.69) is 11.1 Å². The molecular weight excluding hydrogens is 240 g/mol. The van der Waals surface area contributed by atoms with Gasteiger partial charge in [-0.25, -0.2) is 4.98 Å². The number of anilines is 2. The van der Waals surface area contributed by atoms with E-state index < -0.39 is 5.41 Å². The molecule has 1 saturated carbocycles. The Hall–Kier alpha value is -2.09. The van der Waals surface area contributed by atoms with Crippen LogP contribution in [-0.2, 0) is 4.79 Å². The fourth-order valence-corrected chi connectivity index (χ4v) is 2.94. The molecule has 2 heterocycles. The topological polar surface area (TPSA) is 83.0 Å². The summed E-state index contributed by atoms with van der Waals surface area (Å²) in [6.07, 6.45) is 4.27. The maximum atomic E-state index is 12.6. The Labute approximate surface area is 112 Å². The highest BCUT2D eigenvalue weighted by molar-refractivity contribution is 6.02. The van der Waals surface area contributed by atoms with Crippen molar-refractivity contribution >= 4 is 17.4 Å². The minimum atomic E-state index is -0.801. The Kier molecular flexibility index (Phi) is 2.49. The summed E-state index contributed by atoms with van der Waals surface area (Å²) in [7, 11) is 0. The van der Waals surface area contributed by atoms with Crippen LogP contribution in [0.15, 0.2) is 12.3 Å². The van der Waals surface area contributed by atoms with Gasteiger partial charge in [0.15, 0.2) is 0 Å². The van der Waals surface area contributed by atoms with Crippen LogP contribution in [0.1, 0.15) is 24.8 Å². The van der Waals surface area contributed by atoms with E-state index in [9.17, 15) is 10.1 Å². The van der Waals surface area contributed by atoms with Gasteiger partial charge in [-0.2, -0.15) is 5.26 Å². The van der Waals surface area contributed by atoms with Crippen molar-refractivity contribution in [1.29, 1.82) is 5.26 Å². The van der Waals surface area contributed by atoms with E-state index in [1.807, 2.05) is 6.92 Å². The number of rotatable bonds is 2. The van der Waals surface area contributed by atoms with Crippen molar-refractivity contribution in [2.75, 3.05) is 17.2 Å². The molecule has 98 valence electrons. The number of nitrogen functional groups attached to an aromatic ring is 1. The van der Waals surface area contributed by atoms with Gasteiger partial charge in [0.05, 0.1) is 11.8 Å². The maximum absolute atomic E-state index is 12.6. The molecule has 2 fully saturated rings. The number of aryl methyl sites for hydroxylation is 1. The van der Waals surface area contributed by atoms with Gasteiger partial charge in [-0.05, 0) is 37.7 Å². The summed E-state index contributed by atoms with van der Waals surface area (Å²) in [6.45, 7) is 2.49. The number of amides is 1. The van der Waals surface area contributed by atoms with Crippen LogP contribution >= 0.6 is 0 Å². The molecule has 0 unspecified atom stereocenters. The monoisotopic (exact) mass is 256 g/mol. The Morgan fingerprint density at radius 2 is 2.32 bits per heavy atom. The molecule has 2 N–H and O–H groups in total. The van der Waals surface area contributed by atoms with Crippen LogP contribution in [0.3, 0.4) is 0 Å². The van der Waals surface area contributed by atoms with E-state index in [1.54, 1.807) is 17.2 Å². The zero-order valence-corrected chi connectivity index (χ0v) is 10.9. The molecule has 0 bridgehead atoms. The predicted octanol–water partition coefficient (Wildman–Crippen LogP) is 1.63. The van der Waals surface area contributed by atoms with Gasteiger partial charge in [0.25, 0.3) is 0 Å². The predicted molar refractivity (Wildman–Crippen MR) is 71.1 cm³/mol. The standard InChI is InChI=1S/C14H16N4O/c1-9-7-17-12(16)6-11(9)18-5-4-14(8-15,13(18)19)10-2-3-10/h6-7,10H,2-5H2,1H3,(H2,16,17)/t14-/m1/s1. The van der Waals surface area contributed by atoms with Crippen molar-refractivity contribution in [3.63, 3.8) is 0 Å². The molecule has 1 amide bonds. The minimum absolute atomic E-state index is 0.0637. The lowest BCUT2D eigenvalue weighted by molar-refractivity contribution is -0.123. The third-order valence-corrected chi connectivity index (χ3v) is 4.22. The molecule has 5 heteroatoms. The van der Waals surface area contributed by atoms with E-state index in [0.29, 0.717) is 18.8 Å². The second-order valence-electron chi connectivity index (χ2n) is 5.46. The molecule has 1 aromatic heterocycles. The van der Waals surface area contributed by atoms with Crippen LogP contribution in [0, 0.1) is 29.6 Å². The zero-order chi connectivity index (χ0) is 13.6. The number of hydrogen-bond acceptors (Lipinski definition) is 4. The summed E-state index contributed by atoms with van der Waals surface area (Å²) in [4.78, 5) is 18.4. The van der Waals surface area contributed by atoms with Crippen molar-refractivity contribution in [3.8, 4) is 6.07 Å². The van der Waals surface area contributed by atoms with Crippen LogP contribution in [-0.4, -0.2) is 17.4 Å². The molecule has 0 aromatic carbocycles. The minimum Gasteiger partial charge on any atom is -0.384 e.